The van der Waals surface area contributed by atoms with Gasteiger partial charge in [-0.2, -0.15) is 30.6 Å². The van der Waals surface area contributed by atoms with Gasteiger partial charge in [-0.15, -0.1) is 0 Å². The van der Waals surface area contributed by atoms with Gasteiger partial charge in [-0.3, -0.25) is 0 Å². The summed E-state index contributed by atoms with van der Waals surface area (Å²) in [6, 6.07) is 0. The molecule has 0 fully saturated rings. The van der Waals surface area contributed by atoms with Gasteiger partial charge < -0.3 is 0 Å². The third kappa shape index (κ3) is 1.86. The molecule has 0 radical (unpaired) electrons. The fraction of sp³-hybridized carbons (Fsp3) is 0.455. The van der Waals surface area contributed by atoms with E-state index in [1.54, 1.807) is 0 Å². The van der Waals surface area contributed by atoms with Crippen molar-refractivity contribution < 1.29 is 0 Å². The van der Waals surface area contributed by atoms with Crippen LogP contribution in [0.15, 0.2) is 30.6 Å². The second-order valence-electron chi connectivity index (χ2n) is 4.39. The maximum Gasteiger partial charge on any atom is 0.0928 e. The predicted molar refractivity (Wildman–Crippen MR) is 69.8 cm³/mol. The maximum atomic E-state index is 4.17. The molecule has 3 aliphatic rings. The highest BCUT2D eigenvalue weighted by Crippen LogP contribution is 2.15. The molecule has 86 valence electrons. The lowest BCUT2D eigenvalue weighted by Crippen LogP contribution is -2.19. The van der Waals surface area contributed by atoms with E-state index in [0.717, 1.165) is 47.1 Å². The molecular weight excluding hydrogens is 216 g/mol. The highest BCUT2D eigenvalue weighted by atomic mass is 15.3. The Bertz CT molecular complexity index is 509. The number of hydrogen-bond donors (Lipinski definition) is 0. The van der Waals surface area contributed by atoms with Gasteiger partial charge in [0.2, 0.25) is 0 Å². The molecule has 0 amide bonds. The van der Waals surface area contributed by atoms with E-state index >= 15 is 0 Å². The lowest BCUT2D eigenvalue weighted by atomic mass is 10.0. The summed E-state index contributed by atoms with van der Waals surface area (Å²) in [5.74, 6) is 0. The van der Waals surface area contributed by atoms with Gasteiger partial charge in [0.15, 0.2) is 0 Å². The quantitative estimate of drug-likeness (QED) is 0.689. The van der Waals surface area contributed by atoms with Crippen molar-refractivity contribution in [3.8, 4) is 0 Å². The molecule has 0 saturated carbocycles. The van der Waals surface area contributed by atoms with Crippen LogP contribution < -0.4 is 0 Å². The average molecular weight is 228 g/mol. The van der Waals surface area contributed by atoms with Crippen molar-refractivity contribution in [2.45, 2.75) is 33.1 Å². The molecule has 0 aromatic heterocycles. The van der Waals surface area contributed by atoms with Crippen LogP contribution in [0, 0.1) is 0 Å². The van der Waals surface area contributed by atoms with Crippen LogP contribution in [0.5, 0.6) is 0 Å². The normalized spacial score (nSPS) is 22.9. The third-order valence-corrected chi connectivity index (χ3v) is 2.82. The van der Waals surface area contributed by atoms with Gasteiger partial charge in [0.05, 0.1) is 22.8 Å². The number of hydrogen-bond acceptors (Lipinski definition) is 6. The minimum Gasteiger partial charge on any atom is -0.160 e. The summed E-state index contributed by atoms with van der Waals surface area (Å²) >= 11 is 0. The van der Waals surface area contributed by atoms with Crippen molar-refractivity contribution in [1.29, 1.82) is 0 Å². The molecule has 0 atom stereocenters. The van der Waals surface area contributed by atoms with Gasteiger partial charge in [0, 0.05) is 30.7 Å². The van der Waals surface area contributed by atoms with E-state index in [1.807, 2.05) is 13.8 Å². The molecule has 0 aromatic rings. The topological polar surface area (TPSA) is 74.2 Å². The third-order valence-electron chi connectivity index (χ3n) is 2.82. The van der Waals surface area contributed by atoms with E-state index in [9.17, 15) is 0 Å². The van der Waals surface area contributed by atoms with Crippen molar-refractivity contribution in [2.75, 3.05) is 0 Å². The van der Waals surface area contributed by atoms with Crippen molar-refractivity contribution in [2.24, 2.45) is 30.6 Å². The Morgan fingerprint density at radius 3 is 1.24 bits per heavy atom. The largest absolute Gasteiger partial charge is 0.160 e. The molecular formula is C11H12N6. The van der Waals surface area contributed by atoms with Crippen LogP contribution >= 0.6 is 0 Å². The Labute approximate surface area is 98.7 Å². The summed E-state index contributed by atoms with van der Waals surface area (Å²) in [4.78, 5) is 0. The van der Waals surface area contributed by atoms with Gasteiger partial charge in [-0.25, -0.2) is 0 Å². The van der Waals surface area contributed by atoms with Gasteiger partial charge in [-0.1, -0.05) is 0 Å². The Balaban J connectivity index is 1.66. The highest BCUT2D eigenvalue weighted by molar-refractivity contribution is 6.57. The Kier molecular flexibility index (Phi) is 2.28. The molecule has 3 rings (SSSR count). The van der Waals surface area contributed by atoms with Crippen molar-refractivity contribution in [3.63, 3.8) is 0 Å². The van der Waals surface area contributed by atoms with Crippen LogP contribution in [0.3, 0.4) is 0 Å². The molecule has 0 saturated heterocycles. The predicted octanol–water partition coefficient (Wildman–Crippen LogP) is 1.63. The second-order valence-corrected chi connectivity index (χ2v) is 4.39. The minimum absolute atomic E-state index is 0.698. The average Bonchev–Trinajstić information content (AvgIpc) is 2.96. The second kappa shape index (κ2) is 3.80. The summed E-state index contributed by atoms with van der Waals surface area (Å²) in [6.07, 6.45) is 2.26. The fourth-order valence-electron chi connectivity index (χ4n) is 1.91. The Morgan fingerprint density at radius 1 is 0.529 bits per heavy atom. The van der Waals surface area contributed by atoms with E-state index in [4.69, 9.17) is 0 Å². The molecule has 0 bridgehead atoms. The SMILES string of the molecule is CC1=NN=C(C2=NN=C(C3=NN=C(C)C3)C2)C1. The number of nitrogens with zero attached hydrogens (tertiary/aromatic N) is 6. The van der Waals surface area contributed by atoms with Crippen molar-refractivity contribution in [3.05, 3.63) is 0 Å². The van der Waals surface area contributed by atoms with Gasteiger partial charge >= 0.3 is 0 Å². The molecule has 0 spiro atoms. The molecule has 0 N–H and O–H groups in total. The van der Waals surface area contributed by atoms with E-state index in [-0.39, 0.29) is 0 Å². The van der Waals surface area contributed by atoms with Crippen molar-refractivity contribution >= 4 is 34.3 Å². The zero-order valence-electron chi connectivity index (χ0n) is 9.80. The van der Waals surface area contributed by atoms with E-state index in [0.29, 0.717) is 6.42 Å². The summed E-state index contributed by atoms with van der Waals surface area (Å²) in [5.41, 5.74) is 5.72. The van der Waals surface area contributed by atoms with Crippen LogP contribution in [0.25, 0.3) is 0 Å². The van der Waals surface area contributed by atoms with Crippen LogP contribution in [-0.2, 0) is 0 Å². The Morgan fingerprint density at radius 2 is 0.882 bits per heavy atom. The summed E-state index contributed by atoms with van der Waals surface area (Å²) in [6.45, 7) is 3.93. The minimum atomic E-state index is 0.698. The lowest BCUT2D eigenvalue weighted by molar-refractivity contribution is 1.25. The molecule has 6 heteroatoms. The smallest absolute Gasteiger partial charge is 0.0928 e. The zero-order valence-corrected chi connectivity index (χ0v) is 9.80. The lowest BCUT2D eigenvalue weighted by Gasteiger charge is -1.99. The summed E-state index contributed by atoms with van der Waals surface area (Å²) < 4.78 is 0. The molecule has 3 aliphatic heterocycles. The monoisotopic (exact) mass is 228 g/mol. The van der Waals surface area contributed by atoms with Crippen LogP contribution in [0.4, 0.5) is 0 Å². The molecule has 0 aliphatic carbocycles. The van der Waals surface area contributed by atoms with Gasteiger partial charge in [-0.05, 0) is 13.8 Å². The summed E-state index contributed by atoms with van der Waals surface area (Å²) in [5, 5.41) is 24.6. The van der Waals surface area contributed by atoms with Gasteiger partial charge in [0.25, 0.3) is 0 Å². The highest BCUT2D eigenvalue weighted by Gasteiger charge is 2.25. The zero-order chi connectivity index (χ0) is 11.8. The van der Waals surface area contributed by atoms with Crippen LogP contribution in [-0.4, -0.2) is 34.3 Å². The molecule has 6 nitrogen and oxygen atoms in total. The molecule has 17 heavy (non-hydrogen) atoms. The van der Waals surface area contributed by atoms with Crippen LogP contribution in [0.2, 0.25) is 0 Å². The first-order valence-corrected chi connectivity index (χ1v) is 5.56. The van der Waals surface area contributed by atoms with Crippen molar-refractivity contribution in [1.82, 2.24) is 0 Å². The standard InChI is InChI=1S/C11H12N6/c1-6-3-8(14-12-6)10-5-11(17-16-10)9-4-7(2)13-15-9/h3-5H2,1-2H3. The Hall–Kier alpha value is -1.98. The number of rotatable bonds is 2. The van der Waals surface area contributed by atoms with E-state index in [2.05, 4.69) is 30.6 Å². The van der Waals surface area contributed by atoms with Gasteiger partial charge in [0.1, 0.15) is 0 Å². The first kappa shape index (κ1) is 10.2. The fourth-order valence-corrected chi connectivity index (χ4v) is 1.91. The molecule has 0 unspecified atom stereocenters. The first-order valence-electron chi connectivity index (χ1n) is 5.56. The summed E-state index contributed by atoms with van der Waals surface area (Å²) in [7, 11) is 0. The molecule has 0 aromatic carbocycles. The molecule has 3 heterocycles. The first-order chi connectivity index (χ1) is 8.22. The maximum absolute atomic E-state index is 4.17. The van der Waals surface area contributed by atoms with Crippen LogP contribution in [0.1, 0.15) is 33.1 Å². The van der Waals surface area contributed by atoms with E-state index in [1.165, 1.54) is 0 Å². The van der Waals surface area contributed by atoms with E-state index < -0.39 is 0 Å².